The quantitative estimate of drug-likeness (QED) is 0.821. The smallest absolute Gasteiger partial charge is 0.238 e. The predicted molar refractivity (Wildman–Crippen MR) is 109 cm³/mol. The third-order valence-electron chi connectivity index (χ3n) is 5.28. The number of aryl methyl sites for hydroxylation is 1. The van der Waals surface area contributed by atoms with E-state index in [1.165, 1.54) is 5.56 Å². The molecule has 2 saturated heterocycles. The van der Waals surface area contributed by atoms with E-state index in [2.05, 4.69) is 15.1 Å². The second-order valence-corrected chi connectivity index (χ2v) is 8.02. The predicted octanol–water partition coefficient (Wildman–Crippen LogP) is 1.19. The Bertz CT molecular complexity index is 661. The minimum absolute atomic E-state index is 0.0140. The summed E-state index contributed by atoms with van der Waals surface area (Å²) in [7, 11) is 0. The number of morpholine rings is 1. The maximum atomic E-state index is 12.6. The van der Waals surface area contributed by atoms with Crippen LogP contribution in [0, 0.1) is 6.92 Å². The summed E-state index contributed by atoms with van der Waals surface area (Å²) in [5.74, 6) is 0.157. The number of hydrogen-bond acceptors (Lipinski definition) is 5. The molecule has 0 unspecified atom stereocenters. The van der Waals surface area contributed by atoms with E-state index in [4.69, 9.17) is 4.74 Å². The number of piperazine rings is 1. The van der Waals surface area contributed by atoms with Gasteiger partial charge in [-0.15, -0.1) is 0 Å². The molecular formula is C21H32N4O3. The zero-order valence-corrected chi connectivity index (χ0v) is 17.2. The fourth-order valence-electron chi connectivity index (χ4n) is 3.90. The van der Waals surface area contributed by atoms with Crippen LogP contribution in [-0.2, 0) is 14.3 Å². The van der Waals surface area contributed by atoms with Crippen LogP contribution in [0.5, 0.6) is 0 Å². The topological polar surface area (TPSA) is 65.1 Å². The normalized spacial score (nSPS) is 24.2. The van der Waals surface area contributed by atoms with Crippen LogP contribution in [0.1, 0.15) is 19.4 Å². The summed E-state index contributed by atoms with van der Waals surface area (Å²) >= 11 is 0. The van der Waals surface area contributed by atoms with Crippen molar-refractivity contribution in [2.75, 3.05) is 57.7 Å². The molecule has 1 aromatic rings. The highest BCUT2D eigenvalue weighted by Crippen LogP contribution is 2.12. The maximum Gasteiger partial charge on any atom is 0.238 e. The van der Waals surface area contributed by atoms with Gasteiger partial charge in [0.25, 0.3) is 0 Å². The molecule has 2 aliphatic rings. The highest BCUT2D eigenvalue weighted by Gasteiger charge is 2.27. The zero-order chi connectivity index (χ0) is 20.1. The van der Waals surface area contributed by atoms with Crippen molar-refractivity contribution in [3.05, 3.63) is 29.8 Å². The van der Waals surface area contributed by atoms with Gasteiger partial charge in [-0.1, -0.05) is 17.7 Å². The van der Waals surface area contributed by atoms with Gasteiger partial charge in [-0.3, -0.25) is 19.4 Å². The number of carbonyl (C=O) groups is 2. The first-order chi connectivity index (χ1) is 13.4. The molecule has 0 aromatic heterocycles. The summed E-state index contributed by atoms with van der Waals surface area (Å²) in [5.41, 5.74) is 1.98. The maximum absolute atomic E-state index is 12.6. The molecule has 0 aliphatic carbocycles. The first kappa shape index (κ1) is 20.8. The first-order valence-corrected chi connectivity index (χ1v) is 10.1. The highest BCUT2D eigenvalue weighted by atomic mass is 16.5. The van der Waals surface area contributed by atoms with Crippen LogP contribution >= 0.6 is 0 Å². The highest BCUT2D eigenvalue weighted by molar-refractivity contribution is 5.92. The van der Waals surface area contributed by atoms with Crippen LogP contribution in [0.15, 0.2) is 24.3 Å². The monoisotopic (exact) mass is 388 g/mol. The SMILES string of the molecule is Cc1ccc(NC(=O)CN2CCN(C(=O)CN3C[C@H](C)O[C@@H](C)C3)CC2)cc1. The van der Waals surface area contributed by atoms with E-state index >= 15 is 0 Å². The molecule has 154 valence electrons. The Morgan fingerprint density at radius 2 is 1.57 bits per heavy atom. The van der Waals surface area contributed by atoms with Crippen molar-refractivity contribution in [1.82, 2.24) is 14.7 Å². The van der Waals surface area contributed by atoms with Gasteiger partial charge in [0.05, 0.1) is 25.3 Å². The van der Waals surface area contributed by atoms with E-state index in [9.17, 15) is 9.59 Å². The van der Waals surface area contributed by atoms with Gasteiger partial charge < -0.3 is 15.0 Å². The summed E-state index contributed by atoms with van der Waals surface area (Å²) in [6.45, 7) is 11.3. The standard InChI is InChI=1S/C21H32N4O3/c1-16-4-6-19(7-5-16)22-20(26)14-23-8-10-25(11-9-23)21(27)15-24-12-17(2)28-18(3)13-24/h4-7,17-18H,8-15H2,1-3H3,(H,22,26)/t17-,18-/m0/s1. The molecule has 1 N–H and O–H groups in total. The number of hydrogen-bond donors (Lipinski definition) is 1. The second kappa shape index (κ2) is 9.49. The third-order valence-corrected chi connectivity index (χ3v) is 5.28. The van der Waals surface area contributed by atoms with Gasteiger partial charge in [0, 0.05) is 45.0 Å². The van der Waals surface area contributed by atoms with E-state index < -0.39 is 0 Å². The average Bonchev–Trinajstić information content (AvgIpc) is 2.63. The Morgan fingerprint density at radius 3 is 2.18 bits per heavy atom. The van der Waals surface area contributed by atoms with E-state index in [1.807, 2.05) is 49.9 Å². The van der Waals surface area contributed by atoms with Gasteiger partial charge >= 0.3 is 0 Å². The molecule has 2 heterocycles. The molecule has 1 aromatic carbocycles. The van der Waals surface area contributed by atoms with Crippen LogP contribution in [0.4, 0.5) is 5.69 Å². The lowest BCUT2D eigenvalue weighted by molar-refractivity contribution is -0.137. The first-order valence-electron chi connectivity index (χ1n) is 10.1. The van der Waals surface area contributed by atoms with Crippen molar-refractivity contribution in [2.24, 2.45) is 0 Å². The molecule has 28 heavy (non-hydrogen) atoms. The Morgan fingerprint density at radius 1 is 0.964 bits per heavy atom. The summed E-state index contributed by atoms with van der Waals surface area (Å²) in [6, 6.07) is 7.79. The molecule has 3 rings (SSSR count). The molecule has 0 bridgehead atoms. The Labute approximate surface area is 167 Å². The molecule has 2 aliphatic heterocycles. The lowest BCUT2D eigenvalue weighted by Gasteiger charge is -2.38. The number of nitrogens with one attached hydrogen (secondary N) is 1. The third kappa shape index (κ3) is 6.02. The number of anilines is 1. The number of benzene rings is 1. The van der Waals surface area contributed by atoms with Gasteiger partial charge in [-0.2, -0.15) is 0 Å². The van der Waals surface area contributed by atoms with Crippen molar-refractivity contribution in [1.29, 1.82) is 0 Å². The number of carbonyl (C=O) groups excluding carboxylic acids is 2. The van der Waals surface area contributed by atoms with Crippen molar-refractivity contribution in [2.45, 2.75) is 33.0 Å². The van der Waals surface area contributed by atoms with Crippen molar-refractivity contribution in [3.63, 3.8) is 0 Å². The van der Waals surface area contributed by atoms with Gasteiger partial charge in [-0.05, 0) is 32.9 Å². The van der Waals surface area contributed by atoms with Gasteiger partial charge in [0.1, 0.15) is 0 Å². The number of nitrogens with zero attached hydrogens (tertiary/aromatic N) is 3. The van der Waals surface area contributed by atoms with Gasteiger partial charge in [0.15, 0.2) is 0 Å². The molecule has 7 heteroatoms. The van der Waals surface area contributed by atoms with Crippen molar-refractivity contribution < 1.29 is 14.3 Å². The largest absolute Gasteiger partial charge is 0.373 e. The lowest BCUT2D eigenvalue weighted by atomic mass is 10.2. The van der Waals surface area contributed by atoms with Crippen LogP contribution in [0.3, 0.4) is 0 Å². The molecule has 0 saturated carbocycles. The Balaban J connectivity index is 1.39. The summed E-state index contributed by atoms with van der Waals surface area (Å²) in [6.07, 6.45) is 0.334. The fourth-order valence-corrected chi connectivity index (χ4v) is 3.90. The number of ether oxygens (including phenoxy) is 1. The summed E-state index contributed by atoms with van der Waals surface area (Å²) in [4.78, 5) is 31.1. The molecule has 7 nitrogen and oxygen atoms in total. The van der Waals surface area contributed by atoms with E-state index in [0.717, 1.165) is 31.9 Å². The zero-order valence-electron chi connectivity index (χ0n) is 17.2. The molecule has 2 atom stereocenters. The Hall–Kier alpha value is -1.96. The van der Waals surface area contributed by atoms with Crippen LogP contribution in [0.2, 0.25) is 0 Å². The lowest BCUT2D eigenvalue weighted by Crippen LogP contribution is -2.54. The molecular weight excluding hydrogens is 356 g/mol. The fraction of sp³-hybridized carbons (Fsp3) is 0.619. The average molecular weight is 389 g/mol. The van der Waals surface area contributed by atoms with E-state index in [1.54, 1.807) is 0 Å². The van der Waals surface area contributed by atoms with Gasteiger partial charge in [-0.25, -0.2) is 0 Å². The summed E-state index contributed by atoms with van der Waals surface area (Å²) < 4.78 is 5.73. The Kier molecular flexibility index (Phi) is 7.04. The van der Waals surface area contributed by atoms with Crippen molar-refractivity contribution >= 4 is 17.5 Å². The van der Waals surface area contributed by atoms with Crippen LogP contribution in [0.25, 0.3) is 0 Å². The van der Waals surface area contributed by atoms with Crippen LogP contribution in [-0.4, -0.2) is 91.1 Å². The van der Waals surface area contributed by atoms with Crippen molar-refractivity contribution in [3.8, 4) is 0 Å². The molecule has 0 spiro atoms. The number of amides is 2. The molecule has 0 radical (unpaired) electrons. The minimum atomic E-state index is -0.0140. The number of rotatable bonds is 5. The van der Waals surface area contributed by atoms with Crippen LogP contribution < -0.4 is 5.32 Å². The van der Waals surface area contributed by atoms with E-state index in [-0.39, 0.29) is 24.0 Å². The minimum Gasteiger partial charge on any atom is -0.373 e. The molecule has 2 fully saturated rings. The second-order valence-electron chi connectivity index (χ2n) is 8.02. The van der Waals surface area contributed by atoms with Gasteiger partial charge in [0.2, 0.25) is 11.8 Å². The summed E-state index contributed by atoms with van der Waals surface area (Å²) in [5, 5.41) is 2.93. The molecule has 2 amide bonds. The van der Waals surface area contributed by atoms with E-state index in [0.29, 0.717) is 26.2 Å².